The predicted octanol–water partition coefficient (Wildman–Crippen LogP) is 3.13. The van der Waals surface area contributed by atoms with E-state index in [9.17, 15) is 0 Å². The Kier molecular flexibility index (Phi) is 4.43. The Bertz CT molecular complexity index is 437. The molecule has 1 heterocycles. The molecule has 1 aromatic carbocycles. The second kappa shape index (κ2) is 6.05. The van der Waals surface area contributed by atoms with E-state index in [4.69, 9.17) is 4.74 Å². The Labute approximate surface area is 110 Å². The van der Waals surface area contributed by atoms with Gasteiger partial charge in [-0.25, -0.2) is 0 Å². The van der Waals surface area contributed by atoms with Crippen LogP contribution in [-0.4, -0.2) is 19.2 Å². The molecule has 2 nitrogen and oxygen atoms in total. The van der Waals surface area contributed by atoms with Crippen molar-refractivity contribution < 1.29 is 4.74 Å². The van der Waals surface area contributed by atoms with E-state index in [1.807, 2.05) is 0 Å². The minimum Gasteiger partial charge on any atom is -0.496 e. The van der Waals surface area contributed by atoms with E-state index in [1.165, 1.54) is 16.7 Å². The van der Waals surface area contributed by atoms with Gasteiger partial charge in [-0.2, -0.15) is 0 Å². The molecule has 0 spiro atoms. The maximum atomic E-state index is 5.69. The third-order valence-electron chi connectivity index (χ3n) is 3.54. The lowest BCUT2D eigenvalue weighted by atomic mass is 10.00. The van der Waals surface area contributed by atoms with Crippen LogP contribution < -0.4 is 5.32 Å². The van der Waals surface area contributed by atoms with Crippen molar-refractivity contribution in [3.63, 3.8) is 0 Å². The number of likely N-dealkylation sites (N-methyl/N-ethyl adjacent to an activating group) is 1. The van der Waals surface area contributed by atoms with Gasteiger partial charge in [0.1, 0.15) is 5.76 Å². The lowest BCUT2D eigenvalue weighted by Gasteiger charge is -2.19. The molecular weight excluding hydrogens is 222 g/mol. The Morgan fingerprint density at radius 1 is 1.28 bits per heavy atom. The van der Waals surface area contributed by atoms with Crippen molar-refractivity contribution in [3.8, 4) is 0 Å². The summed E-state index contributed by atoms with van der Waals surface area (Å²) in [6, 6.07) is 7.04. The van der Waals surface area contributed by atoms with Crippen LogP contribution in [0.4, 0.5) is 0 Å². The van der Waals surface area contributed by atoms with Crippen molar-refractivity contribution >= 4 is 0 Å². The Balaban J connectivity index is 2.10. The van der Waals surface area contributed by atoms with Gasteiger partial charge >= 0.3 is 0 Å². The molecule has 1 aliphatic rings. The fourth-order valence-corrected chi connectivity index (χ4v) is 2.37. The standard InChI is InChI=1S/C16H23NO/c1-4-17-15(16-6-5-9-18-16)11-14-8-7-12(2)13(3)10-14/h6-8,10,15,17H,4-5,9,11H2,1-3H3. The van der Waals surface area contributed by atoms with Crippen LogP contribution in [0.2, 0.25) is 0 Å². The van der Waals surface area contributed by atoms with E-state index in [0.717, 1.165) is 31.8 Å². The summed E-state index contributed by atoms with van der Waals surface area (Å²) in [7, 11) is 0. The number of aryl methyl sites for hydroxylation is 2. The molecule has 2 rings (SSSR count). The highest BCUT2D eigenvalue weighted by atomic mass is 16.5. The van der Waals surface area contributed by atoms with Crippen LogP contribution in [0.5, 0.6) is 0 Å². The van der Waals surface area contributed by atoms with Crippen molar-refractivity contribution in [1.82, 2.24) is 5.32 Å². The molecule has 0 fully saturated rings. The van der Waals surface area contributed by atoms with Crippen molar-refractivity contribution in [2.75, 3.05) is 13.2 Å². The Morgan fingerprint density at radius 2 is 2.11 bits per heavy atom. The summed E-state index contributed by atoms with van der Waals surface area (Å²) < 4.78 is 5.69. The highest BCUT2D eigenvalue weighted by Crippen LogP contribution is 2.18. The third-order valence-corrected chi connectivity index (χ3v) is 3.54. The van der Waals surface area contributed by atoms with Gasteiger partial charge in [0.2, 0.25) is 0 Å². The smallest absolute Gasteiger partial charge is 0.109 e. The highest BCUT2D eigenvalue weighted by molar-refractivity contribution is 5.31. The van der Waals surface area contributed by atoms with E-state index in [-0.39, 0.29) is 0 Å². The first-order chi connectivity index (χ1) is 8.70. The van der Waals surface area contributed by atoms with Crippen LogP contribution in [0.15, 0.2) is 30.0 Å². The molecule has 1 unspecified atom stereocenters. The molecule has 1 aromatic rings. The number of ether oxygens (including phenoxy) is 1. The van der Waals surface area contributed by atoms with Gasteiger partial charge in [-0.05, 0) is 49.6 Å². The van der Waals surface area contributed by atoms with E-state index in [0.29, 0.717) is 6.04 Å². The zero-order valence-electron chi connectivity index (χ0n) is 11.6. The average Bonchev–Trinajstić information content (AvgIpc) is 2.87. The molecule has 0 saturated carbocycles. The summed E-state index contributed by atoms with van der Waals surface area (Å²) in [5, 5.41) is 3.51. The zero-order chi connectivity index (χ0) is 13.0. The van der Waals surface area contributed by atoms with Crippen molar-refractivity contribution in [2.45, 2.75) is 39.7 Å². The lowest BCUT2D eigenvalue weighted by Crippen LogP contribution is -2.33. The summed E-state index contributed by atoms with van der Waals surface area (Å²) in [5.41, 5.74) is 4.10. The van der Waals surface area contributed by atoms with Gasteiger partial charge < -0.3 is 10.1 Å². The monoisotopic (exact) mass is 245 g/mol. The first kappa shape index (κ1) is 13.2. The van der Waals surface area contributed by atoms with Gasteiger partial charge in [-0.15, -0.1) is 0 Å². The van der Waals surface area contributed by atoms with Crippen LogP contribution in [0.3, 0.4) is 0 Å². The van der Waals surface area contributed by atoms with E-state index in [1.54, 1.807) is 0 Å². The molecular formula is C16H23NO. The number of rotatable bonds is 5. The van der Waals surface area contributed by atoms with Crippen LogP contribution in [0.25, 0.3) is 0 Å². The molecule has 98 valence electrons. The molecule has 2 heteroatoms. The molecule has 0 aromatic heterocycles. The molecule has 1 aliphatic heterocycles. The normalized spacial score (nSPS) is 16.3. The number of hydrogen-bond acceptors (Lipinski definition) is 2. The second-order valence-electron chi connectivity index (χ2n) is 4.98. The predicted molar refractivity (Wildman–Crippen MR) is 75.7 cm³/mol. The van der Waals surface area contributed by atoms with Crippen LogP contribution in [0.1, 0.15) is 30.0 Å². The summed E-state index contributed by atoms with van der Waals surface area (Å²) in [6.07, 6.45) is 4.26. The second-order valence-corrected chi connectivity index (χ2v) is 4.98. The minimum atomic E-state index is 0.319. The zero-order valence-corrected chi connectivity index (χ0v) is 11.6. The van der Waals surface area contributed by atoms with Gasteiger partial charge in [0.05, 0.1) is 12.6 Å². The fourth-order valence-electron chi connectivity index (χ4n) is 2.37. The molecule has 0 bridgehead atoms. The van der Waals surface area contributed by atoms with E-state index < -0.39 is 0 Å². The van der Waals surface area contributed by atoms with Crippen LogP contribution >= 0.6 is 0 Å². The van der Waals surface area contributed by atoms with Crippen LogP contribution in [0, 0.1) is 13.8 Å². The Hall–Kier alpha value is -1.28. The molecule has 0 amide bonds. The molecule has 0 radical (unpaired) electrons. The topological polar surface area (TPSA) is 21.3 Å². The van der Waals surface area contributed by atoms with Crippen molar-refractivity contribution in [1.29, 1.82) is 0 Å². The number of benzene rings is 1. The van der Waals surface area contributed by atoms with Gasteiger partial charge in [-0.1, -0.05) is 25.1 Å². The summed E-state index contributed by atoms with van der Waals surface area (Å²) in [6.45, 7) is 8.28. The summed E-state index contributed by atoms with van der Waals surface area (Å²) in [5.74, 6) is 1.12. The van der Waals surface area contributed by atoms with Gasteiger partial charge in [0, 0.05) is 6.42 Å². The summed E-state index contributed by atoms with van der Waals surface area (Å²) in [4.78, 5) is 0. The third kappa shape index (κ3) is 3.14. The average molecular weight is 245 g/mol. The molecule has 0 saturated heterocycles. The molecule has 1 N–H and O–H groups in total. The van der Waals surface area contributed by atoms with Gasteiger partial charge in [0.25, 0.3) is 0 Å². The largest absolute Gasteiger partial charge is 0.496 e. The van der Waals surface area contributed by atoms with Gasteiger partial charge in [-0.3, -0.25) is 0 Å². The van der Waals surface area contributed by atoms with E-state index in [2.05, 4.69) is 50.4 Å². The van der Waals surface area contributed by atoms with Crippen LogP contribution in [-0.2, 0) is 11.2 Å². The molecule has 18 heavy (non-hydrogen) atoms. The quantitative estimate of drug-likeness (QED) is 0.860. The SMILES string of the molecule is CCNC(Cc1ccc(C)c(C)c1)C1=CCCO1. The highest BCUT2D eigenvalue weighted by Gasteiger charge is 2.18. The van der Waals surface area contributed by atoms with E-state index >= 15 is 0 Å². The lowest BCUT2D eigenvalue weighted by molar-refractivity contribution is 0.215. The van der Waals surface area contributed by atoms with Crippen molar-refractivity contribution in [3.05, 3.63) is 46.7 Å². The number of nitrogens with one attached hydrogen (secondary N) is 1. The molecule has 1 atom stereocenters. The maximum Gasteiger partial charge on any atom is 0.109 e. The molecule has 0 aliphatic carbocycles. The minimum absolute atomic E-state index is 0.319. The van der Waals surface area contributed by atoms with Gasteiger partial charge in [0.15, 0.2) is 0 Å². The fraction of sp³-hybridized carbons (Fsp3) is 0.500. The Morgan fingerprint density at radius 3 is 2.72 bits per heavy atom. The summed E-state index contributed by atoms with van der Waals surface area (Å²) >= 11 is 0. The number of hydrogen-bond donors (Lipinski definition) is 1. The van der Waals surface area contributed by atoms with Crippen molar-refractivity contribution in [2.24, 2.45) is 0 Å². The first-order valence-electron chi connectivity index (χ1n) is 6.83. The first-order valence-corrected chi connectivity index (χ1v) is 6.83. The maximum absolute atomic E-state index is 5.69.